The van der Waals surface area contributed by atoms with E-state index >= 15 is 0 Å². The third-order valence-electron chi connectivity index (χ3n) is 2.56. The summed E-state index contributed by atoms with van der Waals surface area (Å²) >= 11 is 1.74. The summed E-state index contributed by atoms with van der Waals surface area (Å²) in [6.07, 6.45) is 0. The fourth-order valence-electron chi connectivity index (χ4n) is 1.71. The van der Waals surface area contributed by atoms with Crippen LogP contribution in [0.2, 0.25) is 0 Å². The molecule has 1 aromatic carbocycles. The van der Waals surface area contributed by atoms with E-state index in [2.05, 4.69) is 35.1 Å². The molecule has 0 spiro atoms. The first kappa shape index (κ1) is 12.6. The fraction of sp³-hybridized carbons (Fsp3) is 0.214. The normalized spacial score (nSPS) is 11.9. The Morgan fingerprint density at radius 2 is 1.83 bits per heavy atom. The lowest BCUT2D eigenvalue weighted by atomic mass is 10.2. The van der Waals surface area contributed by atoms with Gasteiger partial charge in [-0.1, -0.05) is 6.07 Å². The van der Waals surface area contributed by atoms with Gasteiger partial charge in [-0.25, -0.2) is 0 Å². The Morgan fingerprint density at radius 1 is 1.17 bits per heavy atom. The molecule has 0 radical (unpaired) electrons. The van der Waals surface area contributed by atoms with Crippen molar-refractivity contribution in [2.75, 3.05) is 10.6 Å². The minimum atomic E-state index is -0.0531. The predicted molar refractivity (Wildman–Crippen MR) is 77.1 cm³/mol. The summed E-state index contributed by atoms with van der Waals surface area (Å²) < 4.78 is 0. The molecule has 3 nitrogen and oxygen atoms in total. The summed E-state index contributed by atoms with van der Waals surface area (Å²) in [7, 11) is 0. The maximum atomic E-state index is 10.9. The average Bonchev–Trinajstić information content (AvgIpc) is 2.84. The van der Waals surface area contributed by atoms with E-state index in [1.54, 1.807) is 11.3 Å². The van der Waals surface area contributed by atoms with Crippen molar-refractivity contribution in [2.24, 2.45) is 0 Å². The fourth-order valence-corrected chi connectivity index (χ4v) is 2.45. The minimum absolute atomic E-state index is 0.0531. The van der Waals surface area contributed by atoms with Crippen molar-refractivity contribution in [3.8, 4) is 0 Å². The number of anilines is 2. The smallest absolute Gasteiger partial charge is 0.221 e. The molecule has 0 aliphatic carbocycles. The SMILES string of the molecule is CC(=O)Nc1ccc(NC(C)c2cccs2)cc1. The first-order chi connectivity index (χ1) is 8.65. The van der Waals surface area contributed by atoms with Crippen LogP contribution in [0.3, 0.4) is 0 Å². The van der Waals surface area contributed by atoms with E-state index in [1.165, 1.54) is 11.8 Å². The van der Waals surface area contributed by atoms with Crippen LogP contribution in [0, 0.1) is 0 Å². The van der Waals surface area contributed by atoms with E-state index < -0.39 is 0 Å². The molecule has 2 N–H and O–H groups in total. The van der Waals surface area contributed by atoms with Crippen LogP contribution in [0.25, 0.3) is 0 Å². The van der Waals surface area contributed by atoms with Gasteiger partial charge in [-0.3, -0.25) is 4.79 Å². The van der Waals surface area contributed by atoms with Crippen molar-refractivity contribution < 1.29 is 4.79 Å². The van der Waals surface area contributed by atoms with Crippen LogP contribution in [0.5, 0.6) is 0 Å². The highest BCUT2D eigenvalue weighted by atomic mass is 32.1. The molecule has 0 fully saturated rings. The minimum Gasteiger partial charge on any atom is -0.378 e. The Bertz CT molecular complexity index is 505. The third-order valence-corrected chi connectivity index (χ3v) is 3.61. The van der Waals surface area contributed by atoms with Gasteiger partial charge in [0, 0.05) is 23.2 Å². The monoisotopic (exact) mass is 260 g/mol. The molecular weight excluding hydrogens is 244 g/mol. The Morgan fingerprint density at radius 3 is 2.39 bits per heavy atom. The van der Waals surface area contributed by atoms with Crippen molar-refractivity contribution in [3.05, 3.63) is 46.7 Å². The van der Waals surface area contributed by atoms with Gasteiger partial charge in [-0.05, 0) is 42.6 Å². The average molecular weight is 260 g/mol. The number of amides is 1. The Labute approximate surface area is 111 Å². The lowest BCUT2D eigenvalue weighted by Gasteiger charge is -2.14. The zero-order valence-corrected chi connectivity index (χ0v) is 11.3. The molecule has 2 aromatic rings. The van der Waals surface area contributed by atoms with Crippen molar-refractivity contribution in [2.45, 2.75) is 19.9 Å². The Balaban J connectivity index is 2.00. The topological polar surface area (TPSA) is 41.1 Å². The highest BCUT2D eigenvalue weighted by molar-refractivity contribution is 7.10. The van der Waals surface area contributed by atoms with Crippen molar-refractivity contribution in [1.82, 2.24) is 0 Å². The van der Waals surface area contributed by atoms with E-state index in [0.29, 0.717) is 0 Å². The maximum Gasteiger partial charge on any atom is 0.221 e. The van der Waals surface area contributed by atoms with Crippen LogP contribution in [0.15, 0.2) is 41.8 Å². The maximum absolute atomic E-state index is 10.9. The van der Waals surface area contributed by atoms with Crippen molar-refractivity contribution >= 4 is 28.6 Å². The molecule has 1 heterocycles. The number of hydrogen-bond acceptors (Lipinski definition) is 3. The molecule has 1 unspecified atom stereocenters. The lowest BCUT2D eigenvalue weighted by Crippen LogP contribution is -2.07. The van der Waals surface area contributed by atoms with Crippen LogP contribution in [0.1, 0.15) is 24.8 Å². The standard InChI is InChI=1S/C14H16N2OS/c1-10(14-4-3-9-18-14)15-12-5-7-13(8-6-12)16-11(2)17/h3-10,15H,1-2H3,(H,16,17). The highest BCUT2D eigenvalue weighted by Crippen LogP contribution is 2.23. The molecule has 0 aliphatic rings. The van der Waals surface area contributed by atoms with Gasteiger partial charge in [0.2, 0.25) is 5.91 Å². The summed E-state index contributed by atoms with van der Waals surface area (Å²) in [5.41, 5.74) is 1.86. The first-order valence-corrected chi connectivity index (χ1v) is 6.71. The molecule has 2 rings (SSSR count). The third kappa shape index (κ3) is 3.34. The van der Waals surface area contributed by atoms with Gasteiger partial charge in [0.1, 0.15) is 0 Å². The number of carbonyl (C=O) groups excluding carboxylic acids is 1. The van der Waals surface area contributed by atoms with Crippen LogP contribution < -0.4 is 10.6 Å². The molecule has 1 aromatic heterocycles. The zero-order valence-electron chi connectivity index (χ0n) is 10.4. The molecular formula is C14H16N2OS. The van der Waals surface area contributed by atoms with Crippen molar-refractivity contribution in [3.63, 3.8) is 0 Å². The molecule has 18 heavy (non-hydrogen) atoms. The van der Waals surface area contributed by atoms with Gasteiger partial charge in [-0.15, -0.1) is 11.3 Å². The van der Waals surface area contributed by atoms with E-state index in [9.17, 15) is 4.79 Å². The van der Waals surface area contributed by atoms with Crippen molar-refractivity contribution in [1.29, 1.82) is 0 Å². The second-order valence-electron chi connectivity index (χ2n) is 4.14. The summed E-state index contributed by atoms with van der Waals surface area (Å²) in [6, 6.07) is 12.2. The van der Waals surface area contributed by atoms with Crippen LogP contribution in [-0.4, -0.2) is 5.91 Å². The highest BCUT2D eigenvalue weighted by Gasteiger charge is 2.05. The largest absolute Gasteiger partial charge is 0.378 e. The molecule has 0 bridgehead atoms. The van der Waals surface area contributed by atoms with E-state index in [1.807, 2.05) is 24.3 Å². The second-order valence-corrected chi connectivity index (χ2v) is 5.12. The predicted octanol–water partition coefficient (Wildman–Crippen LogP) is 3.88. The van der Waals surface area contributed by atoms with E-state index in [0.717, 1.165) is 11.4 Å². The molecule has 1 atom stereocenters. The molecule has 0 aliphatic heterocycles. The summed E-state index contributed by atoms with van der Waals surface area (Å²) in [4.78, 5) is 12.2. The Kier molecular flexibility index (Phi) is 3.99. The second kappa shape index (κ2) is 5.69. The molecule has 0 saturated carbocycles. The zero-order chi connectivity index (χ0) is 13.0. The first-order valence-electron chi connectivity index (χ1n) is 5.83. The number of benzene rings is 1. The van der Waals surface area contributed by atoms with Crippen LogP contribution in [0.4, 0.5) is 11.4 Å². The van der Waals surface area contributed by atoms with Gasteiger partial charge in [-0.2, -0.15) is 0 Å². The number of hydrogen-bond donors (Lipinski definition) is 2. The van der Waals surface area contributed by atoms with Gasteiger partial charge >= 0.3 is 0 Å². The van der Waals surface area contributed by atoms with E-state index in [-0.39, 0.29) is 11.9 Å². The number of rotatable bonds is 4. The van der Waals surface area contributed by atoms with Gasteiger partial charge < -0.3 is 10.6 Å². The van der Waals surface area contributed by atoms with Gasteiger partial charge in [0.15, 0.2) is 0 Å². The number of nitrogens with one attached hydrogen (secondary N) is 2. The molecule has 1 amide bonds. The van der Waals surface area contributed by atoms with Crippen LogP contribution >= 0.6 is 11.3 Å². The Hall–Kier alpha value is -1.81. The molecule has 4 heteroatoms. The quantitative estimate of drug-likeness (QED) is 0.876. The number of thiophene rings is 1. The van der Waals surface area contributed by atoms with E-state index in [4.69, 9.17) is 0 Å². The summed E-state index contributed by atoms with van der Waals surface area (Å²) in [6.45, 7) is 3.64. The lowest BCUT2D eigenvalue weighted by molar-refractivity contribution is -0.114. The molecule has 94 valence electrons. The summed E-state index contributed by atoms with van der Waals surface area (Å²) in [5.74, 6) is -0.0531. The molecule has 0 saturated heterocycles. The van der Waals surface area contributed by atoms with Gasteiger partial charge in [0.25, 0.3) is 0 Å². The van der Waals surface area contributed by atoms with Gasteiger partial charge in [0.05, 0.1) is 6.04 Å². The summed E-state index contributed by atoms with van der Waals surface area (Å²) in [5, 5.41) is 8.25. The van der Waals surface area contributed by atoms with Crippen LogP contribution in [-0.2, 0) is 4.79 Å². The number of carbonyl (C=O) groups is 1.